The van der Waals surface area contributed by atoms with Gasteiger partial charge in [0.15, 0.2) is 5.69 Å². The Morgan fingerprint density at radius 3 is 2.95 bits per heavy atom. The molecular weight excluding hydrogens is 258 g/mol. The molecule has 0 spiro atoms. The molecule has 1 aliphatic heterocycles. The number of ether oxygens (including phenoxy) is 1. The molecule has 1 aliphatic rings. The second-order valence-corrected chi connectivity index (χ2v) is 5.69. The van der Waals surface area contributed by atoms with Crippen LogP contribution in [0.5, 0.6) is 0 Å². The molecule has 0 radical (unpaired) electrons. The molecule has 0 amide bonds. The van der Waals surface area contributed by atoms with Gasteiger partial charge in [-0.2, -0.15) is 5.10 Å². The van der Waals surface area contributed by atoms with Gasteiger partial charge < -0.3 is 9.84 Å². The van der Waals surface area contributed by atoms with Crippen molar-refractivity contribution in [3.8, 4) is 0 Å². The van der Waals surface area contributed by atoms with E-state index in [-0.39, 0.29) is 11.8 Å². The Kier molecular flexibility index (Phi) is 4.77. The number of carbonyl (C=O) groups is 1. The number of hydrogen-bond donors (Lipinski definition) is 1. The lowest BCUT2D eigenvalue weighted by Crippen LogP contribution is -2.34. The van der Waals surface area contributed by atoms with Crippen molar-refractivity contribution in [2.75, 3.05) is 19.7 Å². The van der Waals surface area contributed by atoms with Crippen LogP contribution >= 0.6 is 0 Å². The van der Waals surface area contributed by atoms with E-state index >= 15 is 0 Å². The van der Waals surface area contributed by atoms with Gasteiger partial charge in [-0.05, 0) is 18.4 Å². The van der Waals surface area contributed by atoms with Crippen molar-refractivity contribution < 1.29 is 14.6 Å². The summed E-state index contributed by atoms with van der Waals surface area (Å²) in [5.41, 5.74) is 1.03. The van der Waals surface area contributed by atoms with Crippen LogP contribution in [0.4, 0.5) is 0 Å². The zero-order valence-electron chi connectivity index (χ0n) is 12.4. The van der Waals surface area contributed by atoms with Gasteiger partial charge in [-0.1, -0.05) is 13.8 Å². The fraction of sp³-hybridized carbons (Fsp3) is 0.714. The van der Waals surface area contributed by atoms with Crippen LogP contribution in [0, 0.1) is 5.92 Å². The van der Waals surface area contributed by atoms with Gasteiger partial charge in [-0.3, -0.25) is 9.58 Å². The number of aryl methyl sites for hydroxylation is 1. The van der Waals surface area contributed by atoms with E-state index in [4.69, 9.17) is 9.84 Å². The fourth-order valence-corrected chi connectivity index (χ4v) is 2.46. The van der Waals surface area contributed by atoms with E-state index in [0.29, 0.717) is 12.5 Å². The molecule has 6 heteroatoms. The summed E-state index contributed by atoms with van der Waals surface area (Å²) in [4.78, 5) is 13.3. The third-order valence-corrected chi connectivity index (χ3v) is 3.71. The second-order valence-electron chi connectivity index (χ2n) is 5.69. The number of carboxylic acids is 1. The Labute approximate surface area is 119 Å². The third kappa shape index (κ3) is 3.58. The molecule has 1 saturated heterocycles. The van der Waals surface area contributed by atoms with Gasteiger partial charge in [0, 0.05) is 33.3 Å². The maximum absolute atomic E-state index is 10.9. The van der Waals surface area contributed by atoms with Gasteiger partial charge in [0.05, 0.1) is 11.8 Å². The molecule has 1 N–H and O–H groups in total. The van der Waals surface area contributed by atoms with E-state index in [0.717, 1.165) is 31.8 Å². The van der Waals surface area contributed by atoms with Gasteiger partial charge in [0.2, 0.25) is 0 Å². The molecule has 6 nitrogen and oxygen atoms in total. The quantitative estimate of drug-likeness (QED) is 0.902. The van der Waals surface area contributed by atoms with Crippen molar-refractivity contribution in [3.63, 3.8) is 0 Å². The zero-order chi connectivity index (χ0) is 14.7. The van der Waals surface area contributed by atoms with Crippen molar-refractivity contribution in [3.05, 3.63) is 17.5 Å². The molecular formula is C14H23N3O3. The molecule has 1 aromatic heterocycles. The average Bonchev–Trinajstić information content (AvgIpc) is 2.61. The summed E-state index contributed by atoms with van der Waals surface area (Å²) in [6.07, 6.45) is 1.25. The van der Waals surface area contributed by atoms with Crippen LogP contribution in [0.2, 0.25) is 0 Å². The second kappa shape index (κ2) is 6.37. The maximum atomic E-state index is 10.9. The third-order valence-electron chi connectivity index (χ3n) is 3.71. The molecule has 0 saturated carbocycles. The lowest BCUT2D eigenvalue weighted by molar-refractivity contribution is 0.0219. The van der Waals surface area contributed by atoms with Crippen LogP contribution in [0.1, 0.15) is 36.5 Å². The first kappa shape index (κ1) is 15.0. The van der Waals surface area contributed by atoms with Crippen molar-refractivity contribution in [1.82, 2.24) is 14.7 Å². The standard InChI is InChI=1S/C14H23N3O3/c1-10(2)13-9-17(5-4-6-20-13)8-11-7-12(14(18)19)15-16(11)3/h7,10,13H,4-6,8-9H2,1-3H3,(H,18,19). The Hall–Kier alpha value is -1.40. The molecule has 0 aliphatic carbocycles. The minimum absolute atomic E-state index is 0.106. The molecule has 0 aromatic carbocycles. The van der Waals surface area contributed by atoms with Gasteiger partial charge in [0.1, 0.15) is 0 Å². The summed E-state index contributed by atoms with van der Waals surface area (Å²) in [7, 11) is 1.79. The predicted octanol–water partition coefficient (Wildman–Crippen LogP) is 1.37. The molecule has 1 aromatic rings. The summed E-state index contributed by atoms with van der Waals surface area (Å²) < 4.78 is 7.50. The highest BCUT2D eigenvalue weighted by Crippen LogP contribution is 2.16. The normalized spacial score (nSPS) is 21.1. The van der Waals surface area contributed by atoms with E-state index in [2.05, 4.69) is 23.8 Å². The summed E-state index contributed by atoms with van der Waals surface area (Å²) in [6.45, 7) is 7.69. The Morgan fingerprint density at radius 1 is 1.60 bits per heavy atom. The first-order valence-corrected chi connectivity index (χ1v) is 7.07. The van der Waals surface area contributed by atoms with Gasteiger partial charge in [-0.25, -0.2) is 4.79 Å². The van der Waals surface area contributed by atoms with Crippen LogP contribution in [-0.4, -0.2) is 51.6 Å². The lowest BCUT2D eigenvalue weighted by Gasteiger charge is -2.25. The molecule has 112 valence electrons. The molecule has 2 rings (SSSR count). The van der Waals surface area contributed by atoms with E-state index in [1.54, 1.807) is 17.8 Å². The number of rotatable bonds is 4. The molecule has 20 heavy (non-hydrogen) atoms. The Balaban J connectivity index is 2.06. The van der Waals surface area contributed by atoms with Crippen LogP contribution in [0.25, 0.3) is 0 Å². The van der Waals surface area contributed by atoms with Crippen LogP contribution in [-0.2, 0) is 18.3 Å². The Morgan fingerprint density at radius 2 is 2.35 bits per heavy atom. The molecule has 0 bridgehead atoms. The van der Waals surface area contributed by atoms with Gasteiger partial charge in [0.25, 0.3) is 0 Å². The van der Waals surface area contributed by atoms with Crippen molar-refractivity contribution in [2.45, 2.75) is 32.9 Å². The highest BCUT2D eigenvalue weighted by molar-refractivity contribution is 5.85. The SMILES string of the molecule is CC(C)C1CN(Cc2cc(C(=O)O)nn2C)CCCO1. The summed E-state index contributed by atoms with van der Waals surface area (Å²) in [5.74, 6) is -0.497. The molecule has 1 fully saturated rings. The minimum atomic E-state index is -0.980. The average molecular weight is 281 g/mol. The topological polar surface area (TPSA) is 67.6 Å². The van der Waals surface area contributed by atoms with Gasteiger partial charge >= 0.3 is 5.97 Å². The van der Waals surface area contributed by atoms with E-state index in [1.807, 2.05) is 0 Å². The smallest absolute Gasteiger partial charge is 0.356 e. The van der Waals surface area contributed by atoms with Crippen LogP contribution in [0.15, 0.2) is 6.07 Å². The molecule has 1 unspecified atom stereocenters. The monoisotopic (exact) mass is 281 g/mol. The highest BCUT2D eigenvalue weighted by Gasteiger charge is 2.22. The number of aromatic nitrogens is 2. The summed E-state index contributed by atoms with van der Waals surface area (Å²) >= 11 is 0. The highest BCUT2D eigenvalue weighted by atomic mass is 16.5. The van der Waals surface area contributed by atoms with Crippen molar-refractivity contribution in [2.24, 2.45) is 13.0 Å². The minimum Gasteiger partial charge on any atom is -0.476 e. The first-order valence-electron chi connectivity index (χ1n) is 7.07. The zero-order valence-corrected chi connectivity index (χ0v) is 12.4. The molecule has 2 heterocycles. The Bertz CT molecular complexity index is 470. The maximum Gasteiger partial charge on any atom is 0.356 e. The van der Waals surface area contributed by atoms with Crippen molar-refractivity contribution in [1.29, 1.82) is 0 Å². The number of nitrogens with zero attached hydrogens (tertiary/aromatic N) is 3. The first-order chi connectivity index (χ1) is 9.47. The number of carboxylic acid groups (broad SMARTS) is 1. The van der Waals surface area contributed by atoms with Gasteiger partial charge in [-0.15, -0.1) is 0 Å². The summed E-state index contributed by atoms with van der Waals surface area (Å²) in [6, 6.07) is 1.65. The number of aromatic carboxylic acids is 1. The largest absolute Gasteiger partial charge is 0.476 e. The van der Waals surface area contributed by atoms with E-state index < -0.39 is 5.97 Å². The van der Waals surface area contributed by atoms with E-state index in [1.165, 1.54) is 0 Å². The fourth-order valence-electron chi connectivity index (χ4n) is 2.46. The lowest BCUT2D eigenvalue weighted by atomic mass is 10.1. The van der Waals surface area contributed by atoms with Crippen molar-refractivity contribution >= 4 is 5.97 Å². The van der Waals surface area contributed by atoms with E-state index in [9.17, 15) is 4.79 Å². The number of hydrogen-bond acceptors (Lipinski definition) is 4. The van der Waals surface area contributed by atoms with Crippen LogP contribution in [0.3, 0.4) is 0 Å². The predicted molar refractivity (Wildman–Crippen MR) is 74.6 cm³/mol. The summed E-state index contributed by atoms with van der Waals surface area (Å²) in [5, 5.41) is 13.0. The molecule has 1 atom stereocenters. The van der Waals surface area contributed by atoms with Crippen LogP contribution < -0.4 is 0 Å².